The highest BCUT2D eigenvalue weighted by Gasteiger charge is 2.36. The lowest BCUT2D eigenvalue weighted by Crippen LogP contribution is -2.36. The fourth-order valence-corrected chi connectivity index (χ4v) is 6.41. The maximum Gasteiger partial charge on any atom is 0.264 e. The Kier molecular flexibility index (Phi) is 6.17. The number of nitrogens with one attached hydrogen (secondary N) is 2. The van der Waals surface area contributed by atoms with Crippen molar-refractivity contribution >= 4 is 38.1 Å². The molecule has 7 heteroatoms. The molecule has 35 heavy (non-hydrogen) atoms. The third kappa shape index (κ3) is 4.47. The molecule has 1 amide bonds. The van der Waals surface area contributed by atoms with E-state index in [0.717, 1.165) is 22.0 Å². The quantitative estimate of drug-likeness (QED) is 0.368. The molecule has 2 N–H and O–H groups in total. The molecule has 1 atom stereocenters. The first-order chi connectivity index (χ1) is 16.9. The van der Waals surface area contributed by atoms with Crippen molar-refractivity contribution in [2.24, 2.45) is 0 Å². The summed E-state index contributed by atoms with van der Waals surface area (Å²) >= 11 is 0. The van der Waals surface area contributed by atoms with E-state index in [1.165, 1.54) is 10.4 Å². The van der Waals surface area contributed by atoms with Gasteiger partial charge in [0.2, 0.25) is 0 Å². The van der Waals surface area contributed by atoms with Crippen LogP contribution in [0.3, 0.4) is 0 Å². The van der Waals surface area contributed by atoms with Crippen LogP contribution in [0, 0.1) is 0 Å². The highest BCUT2D eigenvalue weighted by atomic mass is 32.2. The molecule has 4 aromatic rings. The second-order valence-corrected chi connectivity index (χ2v) is 10.5. The van der Waals surface area contributed by atoms with Crippen molar-refractivity contribution in [1.29, 1.82) is 0 Å². The first-order valence-electron chi connectivity index (χ1n) is 11.7. The summed E-state index contributed by atoms with van der Waals surface area (Å²) in [5, 5.41) is 8.51. The van der Waals surface area contributed by atoms with E-state index in [0.29, 0.717) is 30.8 Å². The van der Waals surface area contributed by atoms with E-state index in [1.807, 2.05) is 55.5 Å². The number of hydrogen-bond donors (Lipinski definition) is 2. The number of rotatable bonds is 7. The van der Waals surface area contributed by atoms with Crippen LogP contribution in [-0.2, 0) is 16.4 Å². The highest BCUT2D eigenvalue weighted by Crippen LogP contribution is 2.36. The monoisotopic (exact) mass is 485 g/mol. The molecular formula is C28H27N3O3S. The van der Waals surface area contributed by atoms with Gasteiger partial charge in [0.1, 0.15) is 0 Å². The molecular weight excluding hydrogens is 458 g/mol. The SMILES string of the molecule is CC1Cc2ccccc2N1S(=O)(=O)c1cccc(C(=O)NCCNc2cccc3ccccc23)c1. The van der Waals surface area contributed by atoms with Crippen LogP contribution in [0.2, 0.25) is 0 Å². The predicted octanol–water partition coefficient (Wildman–Crippen LogP) is 4.82. The van der Waals surface area contributed by atoms with Gasteiger partial charge in [-0.3, -0.25) is 9.10 Å². The van der Waals surface area contributed by atoms with Gasteiger partial charge in [-0.05, 0) is 54.6 Å². The van der Waals surface area contributed by atoms with E-state index in [4.69, 9.17) is 0 Å². The van der Waals surface area contributed by atoms with Crippen molar-refractivity contribution < 1.29 is 13.2 Å². The number of anilines is 2. The van der Waals surface area contributed by atoms with Crippen molar-refractivity contribution in [3.8, 4) is 0 Å². The average molecular weight is 486 g/mol. The topological polar surface area (TPSA) is 78.5 Å². The first-order valence-corrected chi connectivity index (χ1v) is 13.1. The van der Waals surface area contributed by atoms with Crippen LogP contribution in [-0.4, -0.2) is 33.5 Å². The molecule has 0 aliphatic carbocycles. The summed E-state index contributed by atoms with van der Waals surface area (Å²) < 4.78 is 28.4. The number of sulfonamides is 1. The summed E-state index contributed by atoms with van der Waals surface area (Å²) in [5.74, 6) is -0.309. The Balaban J connectivity index is 1.26. The number of carbonyl (C=O) groups excluding carboxylic acids is 1. The average Bonchev–Trinajstić information content (AvgIpc) is 3.23. The lowest BCUT2D eigenvalue weighted by molar-refractivity contribution is 0.0955. The highest BCUT2D eigenvalue weighted by molar-refractivity contribution is 7.92. The molecule has 0 radical (unpaired) electrons. The van der Waals surface area contributed by atoms with Crippen LogP contribution in [0.5, 0.6) is 0 Å². The number of amides is 1. The number of carbonyl (C=O) groups is 1. The zero-order chi connectivity index (χ0) is 24.4. The first kappa shape index (κ1) is 22.9. The summed E-state index contributed by atoms with van der Waals surface area (Å²) in [6.45, 7) is 2.84. The molecule has 0 fully saturated rings. The number of nitrogens with zero attached hydrogens (tertiary/aromatic N) is 1. The van der Waals surface area contributed by atoms with Gasteiger partial charge in [-0.15, -0.1) is 0 Å². The van der Waals surface area contributed by atoms with Gasteiger partial charge in [-0.25, -0.2) is 8.42 Å². The minimum absolute atomic E-state index is 0.114. The minimum Gasteiger partial charge on any atom is -0.383 e. The van der Waals surface area contributed by atoms with Crippen LogP contribution in [0.1, 0.15) is 22.8 Å². The Morgan fingerprint density at radius 1 is 0.914 bits per heavy atom. The van der Waals surface area contributed by atoms with Crippen molar-refractivity contribution in [2.75, 3.05) is 22.7 Å². The molecule has 6 nitrogen and oxygen atoms in total. The van der Waals surface area contributed by atoms with E-state index in [9.17, 15) is 13.2 Å². The van der Waals surface area contributed by atoms with Crippen molar-refractivity contribution in [3.05, 3.63) is 102 Å². The fourth-order valence-electron chi connectivity index (χ4n) is 4.67. The van der Waals surface area contributed by atoms with Gasteiger partial charge >= 0.3 is 0 Å². The summed E-state index contributed by atoms with van der Waals surface area (Å²) in [5.41, 5.74) is 3.03. The van der Waals surface area contributed by atoms with Gasteiger partial charge in [0, 0.05) is 35.8 Å². The minimum atomic E-state index is -3.80. The fraction of sp³-hybridized carbons (Fsp3) is 0.179. The lowest BCUT2D eigenvalue weighted by atomic mass is 10.1. The smallest absolute Gasteiger partial charge is 0.264 e. The predicted molar refractivity (Wildman–Crippen MR) is 140 cm³/mol. The molecule has 0 aromatic heterocycles. The largest absolute Gasteiger partial charge is 0.383 e. The van der Waals surface area contributed by atoms with E-state index < -0.39 is 10.0 Å². The van der Waals surface area contributed by atoms with Crippen molar-refractivity contribution in [1.82, 2.24) is 5.32 Å². The van der Waals surface area contributed by atoms with Gasteiger partial charge in [0.15, 0.2) is 0 Å². The van der Waals surface area contributed by atoms with E-state index in [2.05, 4.69) is 28.8 Å². The normalized spacial score (nSPS) is 15.1. The molecule has 4 aromatic carbocycles. The Bertz CT molecular complexity index is 1500. The number of hydrogen-bond acceptors (Lipinski definition) is 4. The molecule has 1 aliphatic rings. The Morgan fingerprint density at radius 2 is 1.66 bits per heavy atom. The molecule has 0 spiro atoms. The second kappa shape index (κ2) is 9.43. The van der Waals surface area contributed by atoms with Gasteiger partial charge in [-0.1, -0.05) is 60.7 Å². The molecule has 0 saturated carbocycles. The maximum atomic E-state index is 13.5. The Labute approximate surface area is 205 Å². The summed E-state index contributed by atoms with van der Waals surface area (Å²) in [4.78, 5) is 12.9. The van der Waals surface area contributed by atoms with Crippen LogP contribution < -0.4 is 14.9 Å². The van der Waals surface area contributed by atoms with E-state index >= 15 is 0 Å². The molecule has 5 rings (SSSR count). The molecule has 1 unspecified atom stereocenters. The van der Waals surface area contributed by atoms with Crippen molar-refractivity contribution in [2.45, 2.75) is 24.3 Å². The lowest BCUT2D eigenvalue weighted by Gasteiger charge is -2.24. The van der Waals surface area contributed by atoms with Gasteiger partial charge in [0.25, 0.3) is 15.9 Å². The van der Waals surface area contributed by atoms with E-state index in [1.54, 1.807) is 18.2 Å². The molecule has 1 aliphatic heterocycles. The zero-order valence-electron chi connectivity index (χ0n) is 19.4. The van der Waals surface area contributed by atoms with Crippen LogP contribution in [0.15, 0.2) is 95.9 Å². The molecule has 1 heterocycles. The number of benzene rings is 4. The maximum absolute atomic E-state index is 13.5. The van der Waals surface area contributed by atoms with Gasteiger partial charge < -0.3 is 10.6 Å². The van der Waals surface area contributed by atoms with Crippen LogP contribution in [0.25, 0.3) is 10.8 Å². The Hall–Kier alpha value is -3.84. The van der Waals surface area contributed by atoms with Crippen LogP contribution >= 0.6 is 0 Å². The molecule has 178 valence electrons. The summed E-state index contributed by atoms with van der Waals surface area (Å²) in [6, 6.07) is 27.8. The third-order valence-electron chi connectivity index (χ3n) is 6.31. The second-order valence-electron chi connectivity index (χ2n) is 8.72. The number of fused-ring (bicyclic) bond motifs is 2. The summed E-state index contributed by atoms with van der Waals surface area (Å²) in [6.07, 6.45) is 0.666. The molecule has 0 saturated heterocycles. The Morgan fingerprint density at radius 3 is 2.54 bits per heavy atom. The zero-order valence-corrected chi connectivity index (χ0v) is 20.3. The van der Waals surface area contributed by atoms with Crippen LogP contribution in [0.4, 0.5) is 11.4 Å². The van der Waals surface area contributed by atoms with Gasteiger partial charge in [0.05, 0.1) is 10.6 Å². The summed E-state index contributed by atoms with van der Waals surface area (Å²) in [7, 11) is -3.80. The molecule has 0 bridgehead atoms. The third-order valence-corrected chi connectivity index (χ3v) is 8.24. The number of para-hydroxylation sites is 1. The van der Waals surface area contributed by atoms with Gasteiger partial charge in [-0.2, -0.15) is 0 Å². The standard InChI is InChI=1S/C28H27N3O3S/c1-20-18-22-9-3-5-15-27(22)31(20)35(33,34)24-12-6-11-23(19-24)28(32)30-17-16-29-26-14-7-10-21-8-2-4-13-25(21)26/h2-15,19-20,29H,16-18H2,1H3,(H,30,32). The van der Waals surface area contributed by atoms with E-state index in [-0.39, 0.29) is 16.8 Å². The van der Waals surface area contributed by atoms with Crippen molar-refractivity contribution in [3.63, 3.8) is 0 Å².